The van der Waals surface area contributed by atoms with Crippen LogP contribution >= 0.6 is 12.2 Å². The van der Waals surface area contributed by atoms with Crippen LogP contribution in [0.3, 0.4) is 0 Å². The Hall–Kier alpha value is -3.84. The van der Waals surface area contributed by atoms with Gasteiger partial charge in [-0.15, -0.1) is 0 Å². The van der Waals surface area contributed by atoms with Crippen molar-refractivity contribution in [2.75, 3.05) is 0 Å². The fourth-order valence-corrected chi connectivity index (χ4v) is 2.95. The molecule has 0 saturated carbocycles. The van der Waals surface area contributed by atoms with Crippen LogP contribution in [0.5, 0.6) is 0 Å². The fraction of sp³-hybridized carbons (Fsp3) is 0.0435. The largest absolute Gasteiger partial charge is 0.434 e. The molecular weight excluding hydrogens is 396 g/mol. The molecule has 0 spiro atoms. The highest BCUT2D eigenvalue weighted by molar-refractivity contribution is 7.80. The van der Waals surface area contributed by atoms with Crippen LogP contribution in [0.2, 0.25) is 0 Å². The quantitative estimate of drug-likeness (QED) is 0.378. The molecule has 148 valence electrons. The van der Waals surface area contributed by atoms with Crippen molar-refractivity contribution in [1.29, 1.82) is 0 Å². The number of nitrogens with one attached hydrogen (secondary N) is 2. The van der Waals surface area contributed by atoms with Crippen LogP contribution in [0.25, 0.3) is 28.8 Å². The lowest BCUT2D eigenvalue weighted by Gasteiger charge is -2.08. The Bertz CT molecular complexity index is 1170. The number of fused-ring (bicyclic) bond motifs is 1. The number of amides is 1. The number of rotatable bonds is 5. The number of pyridine rings is 1. The Morgan fingerprint density at radius 1 is 1.03 bits per heavy atom. The lowest BCUT2D eigenvalue weighted by atomic mass is 10.1. The van der Waals surface area contributed by atoms with E-state index < -0.39 is 0 Å². The van der Waals surface area contributed by atoms with Gasteiger partial charge in [-0.3, -0.25) is 10.1 Å². The number of hydrogen-bond donors (Lipinski definition) is 2. The van der Waals surface area contributed by atoms with E-state index >= 15 is 0 Å². The van der Waals surface area contributed by atoms with E-state index in [1.54, 1.807) is 12.3 Å². The molecule has 0 radical (unpaired) electrons. The molecule has 2 aromatic carbocycles. The molecule has 1 amide bonds. The van der Waals surface area contributed by atoms with Crippen LogP contribution in [0.1, 0.15) is 11.1 Å². The minimum atomic E-state index is -0.281. The van der Waals surface area contributed by atoms with E-state index in [2.05, 4.69) is 20.6 Å². The molecule has 0 aliphatic carbocycles. The molecule has 0 fully saturated rings. The van der Waals surface area contributed by atoms with Gasteiger partial charge >= 0.3 is 0 Å². The number of hydrogen-bond acceptors (Lipinski definition) is 5. The number of nitrogens with zero attached hydrogens (tertiary/aromatic N) is 2. The second kappa shape index (κ2) is 9.11. The van der Waals surface area contributed by atoms with E-state index in [-0.39, 0.29) is 11.0 Å². The van der Waals surface area contributed by atoms with Crippen molar-refractivity contribution in [3.05, 3.63) is 90.1 Å². The summed E-state index contributed by atoms with van der Waals surface area (Å²) in [5.74, 6) is 0.243. The van der Waals surface area contributed by atoms with Gasteiger partial charge in [0.2, 0.25) is 11.8 Å². The van der Waals surface area contributed by atoms with Crippen molar-refractivity contribution < 1.29 is 9.21 Å². The number of oxazole rings is 1. The Morgan fingerprint density at radius 3 is 2.60 bits per heavy atom. The molecule has 6 nitrogen and oxygen atoms in total. The SMILES string of the molecule is O=C(/C=C/c1ccccc1)NC(=S)NCc1ccc(-c2nc3ncccc3o2)cc1. The third-order valence-corrected chi connectivity index (χ3v) is 4.53. The first-order chi connectivity index (χ1) is 14.7. The highest BCUT2D eigenvalue weighted by atomic mass is 32.1. The molecular formula is C23H18N4O2S. The highest BCUT2D eigenvalue weighted by Gasteiger charge is 2.08. The highest BCUT2D eigenvalue weighted by Crippen LogP contribution is 2.23. The van der Waals surface area contributed by atoms with E-state index in [1.807, 2.05) is 66.7 Å². The summed E-state index contributed by atoms with van der Waals surface area (Å²) in [4.78, 5) is 20.5. The summed E-state index contributed by atoms with van der Waals surface area (Å²) in [5, 5.41) is 5.93. The molecule has 0 bridgehead atoms. The van der Waals surface area contributed by atoms with Crippen LogP contribution in [-0.4, -0.2) is 21.0 Å². The van der Waals surface area contributed by atoms with Gasteiger partial charge in [0, 0.05) is 24.4 Å². The Balaban J connectivity index is 1.30. The molecule has 0 aliphatic rings. The summed E-state index contributed by atoms with van der Waals surface area (Å²) in [7, 11) is 0. The summed E-state index contributed by atoms with van der Waals surface area (Å²) < 4.78 is 5.73. The molecule has 0 atom stereocenters. The Kier molecular flexibility index (Phi) is 5.91. The molecule has 4 rings (SSSR count). The second-order valence-corrected chi connectivity index (χ2v) is 6.87. The van der Waals surface area contributed by atoms with Gasteiger partial charge in [0.05, 0.1) is 0 Å². The van der Waals surface area contributed by atoms with Crippen molar-refractivity contribution in [3.63, 3.8) is 0 Å². The average molecular weight is 414 g/mol. The molecule has 0 unspecified atom stereocenters. The molecule has 30 heavy (non-hydrogen) atoms. The van der Waals surface area contributed by atoms with Gasteiger partial charge < -0.3 is 9.73 Å². The maximum absolute atomic E-state index is 12.0. The van der Waals surface area contributed by atoms with E-state index in [0.29, 0.717) is 23.7 Å². The van der Waals surface area contributed by atoms with E-state index in [1.165, 1.54) is 6.08 Å². The van der Waals surface area contributed by atoms with Crippen molar-refractivity contribution in [2.45, 2.75) is 6.54 Å². The van der Waals surface area contributed by atoms with Gasteiger partial charge in [-0.1, -0.05) is 42.5 Å². The van der Waals surface area contributed by atoms with Crippen LogP contribution in [0.4, 0.5) is 0 Å². The first kappa shape index (κ1) is 19.5. The Morgan fingerprint density at radius 2 is 1.83 bits per heavy atom. The van der Waals surface area contributed by atoms with Crippen LogP contribution < -0.4 is 10.6 Å². The first-order valence-corrected chi connectivity index (χ1v) is 9.71. The number of carbonyl (C=O) groups is 1. The van der Waals surface area contributed by atoms with E-state index in [9.17, 15) is 4.79 Å². The topological polar surface area (TPSA) is 80.0 Å². The molecule has 0 saturated heterocycles. The molecule has 2 heterocycles. The summed E-state index contributed by atoms with van der Waals surface area (Å²) in [6, 6.07) is 21.0. The first-order valence-electron chi connectivity index (χ1n) is 9.30. The molecule has 4 aromatic rings. The molecule has 2 N–H and O–H groups in total. The maximum atomic E-state index is 12.0. The number of thiocarbonyl (C=S) groups is 1. The summed E-state index contributed by atoms with van der Waals surface area (Å²) in [6.45, 7) is 0.483. The summed E-state index contributed by atoms with van der Waals surface area (Å²) in [6.07, 6.45) is 4.87. The average Bonchev–Trinajstić information content (AvgIpc) is 3.22. The van der Waals surface area contributed by atoms with Crippen molar-refractivity contribution >= 4 is 40.5 Å². The summed E-state index contributed by atoms with van der Waals surface area (Å²) in [5.41, 5.74) is 4.05. The van der Waals surface area contributed by atoms with Crippen molar-refractivity contribution in [3.8, 4) is 11.5 Å². The minimum absolute atomic E-state index is 0.270. The lowest BCUT2D eigenvalue weighted by molar-refractivity contribution is -0.115. The van der Waals surface area contributed by atoms with Gasteiger partial charge in [-0.25, -0.2) is 4.98 Å². The van der Waals surface area contributed by atoms with E-state index in [4.69, 9.17) is 16.6 Å². The zero-order chi connectivity index (χ0) is 20.8. The predicted molar refractivity (Wildman–Crippen MR) is 120 cm³/mol. The number of aromatic nitrogens is 2. The monoisotopic (exact) mass is 414 g/mol. The molecule has 7 heteroatoms. The zero-order valence-corrected chi connectivity index (χ0v) is 16.7. The van der Waals surface area contributed by atoms with Crippen LogP contribution in [-0.2, 0) is 11.3 Å². The predicted octanol–water partition coefficient (Wildman–Crippen LogP) is 4.09. The zero-order valence-electron chi connectivity index (χ0n) is 15.9. The standard InChI is InChI=1S/C23H18N4O2S/c28-20(13-10-16-5-2-1-3-6-16)26-23(30)25-15-17-8-11-18(12-9-17)22-27-21-19(29-22)7-4-14-24-21/h1-14H,15H2,(H2,25,26,28,30)/b13-10+. The lowest BCUT2D eigenvalue weighted by Crippen LogP contribution is -2.37. The smallest absolute Gasteiger partial charge is 0.250 e. The second-order valence-electron chi connectivity index (χ2n) is 6.46. The van der Waals surface area contributed by atoms with Gasteiger partial charge in [0.15, 0.2) is 16.3 Å². The number of carbonyl (C=O) groups excluding carboxylic acids is 1. The van der Waals surface area contributed by atoms with Crippen LogP contribution in [0.15, 0.2) is 83.4 Å². The van der Waals surface area contributed by atoms with Crippen LogP contribution in [0, 0.1) is 0 Å². The number of benzene rings is 2. The molecule has 2 aromatic heterocycles. The van der Waals surface area contributed by atoms with Gasteiger partial charge in [0.1, 0.15) is 0 Å². The summed E-state index contributed by atoms with van der Waals surface area (Å²) >= 11 is 5.19. The van der Waals surface area contributed by atoms with Gasteiger partial charge in [-0.05, 0) is 53.7 Å². The maximum Gasteiger partial charge on any atom is 0.250 e. The molecule has 0 aliphatic heterocycles. The fourth-order valence-electron chi connectivity index (χ4n) is 2.77. The van der Waals surface area contributed by atoms with Crippen molar-refractivity contribution in [1.82, 2.24) is 20.6 Å². The minimum Gasteiger partial charge on any atom is -0.434 e. The van der Waals surface area contributed by atoms with Crippen molar-refractivity contribution in [2.24, 2.45) is 0 Å². The third kappa shape index (κ3) is 4.95. The Labute approximate surface area is 178 Å². The van der Waals surface area contributed by atoms with Gasteiger partial charge in [0.25, 0.3) is 0 Å². The normalized spacial score (nSPS) is 10.9. The van der Waals surface area contributed by atoms with E-state index in [0.717, 1.165) is 16.7 Å². The third-order valence-electron chi connectivity index (χ3n) is 4.28. The van der Waals surface area contributed by atoms with Gasteiger partial charge in [-0.2, -0.15) is 4.98 Å².